The monoisotopic (exact) mass is 472 g/mol. The number of ether oxygens (including phenoxy) is 2. The van der Waals surface area contributed by atoms with Gasteiger partial charge in [0, 0.05) is 12.6 Å². The molecular formula is C26H33ClN2O4. The van der Waals surface area contributed by atoms with E-state index in [0.717, 1.165) is 31.2 Å². The summed E-state index contributed by atoms with van der Waals surface area (Å²) in [5.41, 5.74) is 0.879. The fourth-order valence-electron chi connectivity index (χ4n) is 4.22. The van der Waals surface area contributed by atoms with Crippen molar-refractivity contribution in [1.82, 2.24) is 10.2 Å². The number of amides is 2. The summed E-state index contributed by atoms with van der Waals surface area (Å²) >= 11 is 6.17. The molecule has 1 aliphatic carbocycles. The molecule has 178 valence electrons. The number of hydrogen-bond donors (Lipinski definition) is 1. The van der Waals surface area contributed by atoms with Gasteiger partial charge in [0.25, 0.3) is 5.91 Å². The Balaban J connectivity index is 1.78. The second-order valence-corrected chi connectivity index (χ2v) is 8.77. The van der Waals surface area contributed by atoms with Crippen molar-refractivity contribution < 1.29 is 19.1 Å². The highest BCUT2D eigenvalue weighted by Crippen LogP contribution is 2.24. The number of nitrogens with one attached hydrogen (secondary N) is 1. The van der Waals surface area contributed by atoms with Gasteiger partial charge in [-0.1, -0.05) is 62.1 Å². The molecule has 1 atom stereocenters. The first-order valence-corrected chi connectivity index (χ1v) is 12.0. The van der Waals surface area contributed by atoms with Crippen LogP contribution in [-0.4, -0.2) is 42.5 Å². The number of benzene rings is 2. The van der Waals surface area contributed by atoms with Crippen LogP contribution >= 0.6 is 11.6 Å². The maximum atomic E-state index is 13.3. The quantitative estimate of drug-likeness (QED) is 0.529. The summed E-state index contributed by atoms with van der Waals surface area (Å²) in [7, 11) is 1.60. The Morgan fingerprint density at radius 3 is 2.58 bits per heavy atom. The minimum atomic E-state index is -0.597. The molecule has 0 aromatic heterocycles. The van der Waals surface area contributed by atoms with Crippen LogP contribution in [0.15, 0.2) is 48.5 Å². The van der Waals surface area contributed by atoms with Crippen LogP contribution in [-0.2, 0) is 16.1 Å². The van der Waals surface area contributed by atoms with Gasteiger partial charge in [-0.3, -0.25) is 9.59 Å². The molecule has 2 amide bonds. The van der Waals surface area contributed by atoms with Gasteiger partial charge in [-0.05, 0) is 49.1 Å². The molecule has 1 unspecified atom stereocenters. The van der Waals surface area contributed by atoms with E-state index in [2.05, 4.69) is 5.32 Å². The highest BCUT2D eigenvalue weighted by molar-refractivity contribution is 6.32. The molecule has 0 saturated heterocycles. The smallest absolute Gasteiger partial charge is 0.261 e. The van der Waals surface area contributed by atoms with Crippen molar-refractivity contribution in [2.24, 2.45) is 0 Å². The van der Waals surface area contributed by atoms with E-state index in [4.69, 9.17) is 21.1 Å². The first kappa shape index (κ1) is 24.9. The summed E-state index contributed by atoms with van der Waals surface area (Å²) < 4.78 is 11.0. The number of carbonyl (C=O) groups is 2. The summed E-state index contributed by atoms with van der Waals surface area (Å²) in [6.45, 7) is 1.99. The van der Waals surface area contributed by atoms with Gasteiger partial charge < -0.3 is 19.7 Å². The largest absolute Gasteiger partial charge is 0.497 e. The van der Waals surface area contributed by atoms with E-state index < -0.39 is 6.04 Å². The standard InChI is InChI=1S/C26H33ClN2O4/c1-3-23(26(31)28-20-11-5-4-6-12-20)29(17-19-10-9-13-21(16-19)32-2)25(30)18-33-24-15-8-7-14-22(24)27/h7-10,13-16,20,23H,3-6,11-12,17-18H2,1-2H3,(H,28,31). The summed E-state index contributed by atoms with van der Waals surface area (Å²) in [6.07, 6.45) is 5.94. The number of rotatable bonds is 10. The molecule has 0 radical (unpaired) electrons. The van der Waals surface area contributed by atoms with Gasteiger partial charge in [0.2, 0.25) is 5.91 Å². The molecule has 1 aliphatic rings. The average molecular weight is 473 g/mol. The van der Waals surface area contributed by atoms with Crippen LogP contribution in [0.3, 0.4) is 0 Å². The van der Waals surface area contributed by atoms with Gasteiger partial charge >= 0.3 is 0 Å². The van der Waals surface area contributed by atoms with E-state index in [1.165, 1.54) is 6.42 Å². The lowest BCUT2D eigenvalue weighted by Gasteiger charge is -2.32. The molecular weight excluding hydrogens is 440 g/mol. The van der Waals surface area contributed by atoms with Crippen LogP contribution in [0.1, 0.15) is 51.0 Å². The number of nitrogens with zero attached hydrogens (tertiary/aromatic N) is 1. The lowest BCUT2D eigenvalue weighted by atomic mass is 9.95. The van der Waals surface area contributed by atoms with Crippen molar-refractivity contribution in [3.63, 3.8) is 0 Å². The zero-order valence-electron chi connectivity index (χ0n) is 19.4. The topological polar surface area (TPSA) is 67.9 Å². The molecule has 1 saturated carbocycles. The number of para-hydroxylation sites is 1. The summed E-state index contributed by atoms with van der Waals surface area (Å²) in [6, 6.07) is 14.1. The van der Waals surface area contributed by atoms with Crippen LogP contribution in [0.2, 0.25) is 5.02 Å². The first-order valence-electron chi connectivity index (χ1n) is 11.6. The maximum absolute atomic E-state index is 13.3. The minimum Gasteiger partial charge on any atom is -0.497 e. The van der Waals surface area contributed by atoms with Crippen LogP contribution in [0.5, 0.6) is 11.5 Å². The summed E-state index contributed by atoms with van der Waals surface area (Å²) in [4.78, 5) is 28.2. The number of methoxy groups -OCH3 is 1. The van der Waals surface area contributed by atoms with Gasteiger partial charge in [-0.25, -0.2) is 0 Å². The lowest BCUT2D eigenvalue weighted by Crippen LogP contribution is -2.52. The van der Waals surface area contributed by atoms with E-state index in [1.54, 1.807) is 36.3 Å². The van der Waals surface area contributed by atoms with Gasteiger partial charge in [0.15, 0.2) is 6.61 Å². The zero-order chi connectivity index (χ0) is 23.6. The van der Waals surface area contributed by atoms with E-state index in [1.807, 2.05) is 31.2 Å². The molecule has 0 heterocycles. The minimum absolute atomic E-state index is 0.113. The van der Waals surface area contributed by atoms with E-state index >= 15 is 0 Å². The molecule has 1 fully saturated rings. The van der Waals surface area contributed by atoms with Gasteiger partial charge in [-0.2, -0.15) is 0 Å². The van der Waals surface area contributed by atoms with Crippen molar-refractivity contribution >= 4 is 23.4 Å². The van der Waals surface area contributed by atoms with Crippen molar-refractivity contribution in [2.75, 3.05) is 13.7 Å². The van der Waals surface area contributed by atoms with E-state index in [-0.39, 0.29) is 31.0 Å². The van der Waals surface area contributed by atoms with Crippen LogP contribution in [0.25, 0.3) is 0 Å². The Morgan fingerprint density at radius 2 is 1.88 bits per heavy atom. The molecule has 0 bridgehead atoms. The van der Waals surface area contributed by atoms with Crippen molar-refractivity contribution in [3.05, 3.63) is 59.1 Å². The van der Waals surface area contributed by atoms with Crippen molar-refractivity contribution in [1.29, 1.82) is 0 Å². The second-order valence-electron chi connectivity index (χ2n) is 8.36. The highest BCUT2D eigenvalue weighted by Gasteiger charge is 2.30. The summed E-state index contributed by atoms with van der Waals surface area (Å²) in [5.74, 6) is 0.752. The van der Waals surface area contributed by atoms with Gasteiger partial charge in [-0.15, -0.1) is 0 Å². The Labute approximate surface area is 201 Å². The molecule has 2 aromatic carbocycles. The first-order chi connectivity index (χ1) is 16.0. The molecule has 33 heavy (non-hydrogen) atoms. The molecule has 0 aliphatic heterocycles. The van der Waals surface area contributed by atoms with Crippen molar-refractivity contribution in [3.8, 4) is 11.5 Å². The molecule has 7 heteroatoms. The average Bonchev–Trinajstić information content (AvgIpc) is 2.84. The van der Waals surface area contributed by atoms with E-state index in [0.29, 0.717) is 22.9 Å². The predicted octanol–water partition coefficient (Wildman–Crippen LogP) is 4.98. The third kappa shape index (κ3) is 7.13. The third-order valence-corrected chi connectivity index (χ3v) is 6.32. The van der Waals surface area contributed by atoms with E-state index in [9.17, 15) is 9.59 Å². The fourth-order valence-corrected chi connectivity index (χ4v) is 4.41. The second kappa shape index (κ2) is 12.5. The van der Waals surface area contributed by atoms with Gasteiger partial charge in [0.1, 0.15) is 17.5 Å². The normalized spacial score (nSPS) is 14.9. The molecule has 0 spiro atoms. The molecule has 1 N–H and O–H groups in total. The maximum Gasteiger partial charge on any atom is 0.261 e. The number of carbonyl (C=O) groups excluding carboxylic acids is 2. The van der Waals surface area contributed by atoms with Crippen molar-refractivity contribution in [2.45, 2.75) is 64.1 Å². The zero-order valence-corrected chi connectivity index (χ0v) is 20.1. The Hall–Kier alpha value is -2.73. The van der Waals surface area contributed by atoms with Crippen LogP contribution in [0, 0.1) is 0 Å². The van der Waals surface area contributed by atoms with Crippen LogP contribution in [0.4, 0.5) is 0 Å². The third-order valence-electron chi connectivity index (χ3n) is 6.01. The lowest BCUT2D eigenvalue weighted by molar-refractivity contribution is -0.143. The SMILES string of the molecule is CCC(C(=O)NC1CCCCC1)N(Cc1cccc(OC)c1)C(=O)COc1ccccc1Cl. The Bertz CT molecular complexity index is 930. The predicted molar refractivity (Wildman–Crippen MR) is 130 cm³/mol. The van der Waals surface area contributed by atoms with Gasteiger partial charge in [0.05, 0.1) is 12.1 Å². The molecule has 2 aromatic rings. The molecule has 6 nitrogen and oxygen atoms in total. The van der Waals surface area contributed by atoms with Crippen LogP contribution < -0.4 is 14.8 Å². The number of hydrogen-bond acceptors (Lipinski definition) is 4. The Morgan fingerprint density at radius 1 is 1.12 bits per heavy atom. The summed E-state index contributed by atoms with van der Waals surface area (Å²) in [5, 5.41) is 3.61. The fraction of sp³-hybridized carbons (Fsp3) is 0.462. The number of halogens is 1. The highest BCUT2D eigenvalue weighted by atomic mass is 35.5. The molecule has 3 rings (SSSR count). The Kier molecular flexibility index (Phi) is 9.43.